The number of amides is 2. The van der Waals surface area contributed by atoms with Gasteiger partial charge in [0.15, 0.2) is 0 Å². The van der Waals surface area contributed by atoms with Gasteiger partial charge in [0.25, 0.3) is 0 Å². The molecule has 0 fully saturated rings. The van der Waals surface area contributed by atoms with E-state index in [9.17, 15) is 18.0 Å². The number of aryl methyl sites for hydroxylation is 1. The van der Waals surface area contributed by atoms with Crippen LogP contribution in [0.3, 0.4) is 0 Å². The molecule has 7 nitrogen and oxygen atoms in total. The Kier molecular flexibility index (Phi) is 11.3. The van der Waals surface area contributed by atoms with Crippen molar-refractivity contribution in [2.24, 2.45) is 0 Å². The lowest BCUT2D eigenvalue weighted by Gasteiger charge is -2.32. The SMILES string of the molecule is CCNC(=O)C(Cc1ccccc1)N(Cc1ccc(Br)cc1)C(=O)CCCN(c1cccc(C)c1C)S(C)(=O)=O. The molecule has 0 spiro atoms. The Morgan fingerprint density at radius 1 is 0.925 bits per heavy atom. The molecule has 3 aromatic rings. The van der Waals surface area contributed by atoms with Crippen LogP contribution >= 0.6 is 15.9 Å². The van der Waals surface area contributed by atoms with Crippen molar-refractivity contribution in [3.63, 3.8) is 0 Å². The Hall–Kier alpha value is -3.17. The number of nitrogens with zero attached hydrogens (tertiary/aromatic N) is 2. The fourth-order valence-electron chi connectivity index (χ4n) is 4.62. The molecule has 0 saturated heterocycles. The van der Waals surface area contributed by atoms with Gasteiger partial charge in [-0.1, -0.05) is 70.5 Å². The summed E-state index contributed by atoms with van der Waals surface area (Å²) in [5.41, 5.74) is 4.34. The molecule has 0 aromatic heterocycles. The summed E-state index contributed by atoms with van der Waals surface area (Å²) in [7, 11) is -3.57. The molecule has 0 aliphatic carbocycles. The maximum atomic E-state index is 13.8. The molecule has 0 aliphatic rings. The van der Waals surface area contributed by atoms with Crippen molar-refractivity contribution in [2.45, 2.75) is 52.6 Å². The van der Waals surface area contributed by atoms with Crippen molar-refractivity contribution in [3.8, 4) is 0 Å². The summed E-state index contributed by atoms with van der Waals surface area (Å²) in [6.45, 7) is 6.56. The van der Waals surface area contributed by atoms with Crippen molar-refractivity contribution in [3.05, 3.63) is 99.5 Å². The predicted octanol–water partition coefficient (Wildman–Crippen LogP) is 5.39. The molecule has 2 amide bonds. The fourth-order valence-corrected chi connectivity index (χ4v) is 5.90. The van der Waals surface area contributed by atoms with Gasteiger partial charge in [0, 0.05) is 36.9 Å². The second kappa shape index (κ2) is 14.5. The average molecular weight is 629 g/mol. The maximum absolute atomic E-state index is 13.8. The lowest BCUT2D eigenvalue weighted by atomic mass is 10.0. The Bertz CT molecular complexity index is 1400. The van der Waals surface area contributed by atoms with Gasteiger partial charge < -0.3 is 10.2 Å². The number of nitrogens with one attached hydrogen (secondary N) is 1. The Balaban J connectivity index is 1.87. The molecule has 214 valence electrons. The van der Waals surface area contributed by atoms with E-state index in [1.54, 1.807) is 11.0 Å². The van der Waals surface area contributed by atoms with Gasteiger partial charge >= 0.3 is 0 Å². The molecule has 0 saturated carbocycles. The molecule has 3 aromatic carbocycles. The van der Waals surface area contributed by atoms with Crippen molar-refractivity contribution < 1.29 is 18.0 Å². The molecule has 40 heavy (non-hydrogen) atoms. The van der Waals surface area contributed by atoms with Gasteiger partial charge in [-0.15, -0.1) is 0 Å². The molecule has 0 bridgehead atoms. The van der Waals surface area contributed by atoms with E-state index in [1.807, 2.05) is 87.5 Å². The van der Waals surface area contributed by atoms with Gasteiger partial charge in [-0.05, 0) is 67.6 Å². The van der Waals surface area contributed by atoms with E-state index in [0.29, 0.717) is 25.1 Å². The minimum absolute atomic E-state index is 0.0953. The number of hydrogen-bond donors (Lipinski definition) is 1. The molecule has 9 heteroatoms. The number of hydrogen-bond acceptors (Lipinski definition) is 4. The molecule has 0 aliphatic heterocycles. The number of carbonyl (C=O) groups is 2. The minimum Gasteiger partial charge on any atom is -0.355 e. The first kappa shape index (κ1) is 31.4. The van der Waals surface area contributed by atoms with Crippen LogP contribution in [0.2, 0.25) is 0 Å². The van der Waals surface area contributed by atoms with Crippen LogP contribution < -0.4 is 9.62 Å². The number of likely N-dealkylation sites (N-methyl/N-ethyl adjacent to an activating group) is 1. The Morgan fingerprint density at radius 3 is 2.23 bits per heavy atom. The quantitative estimate of drug-likeness (QED) is 0.275. The summed E-state index contributed by atoms with van der Waals surface area (Å²) in [6.07, 6.45) is 1.95. The predicted molar refractivity (Wildman–Crippen MR) is 165 cm³/mol. The van der Waals surface area contributed by atoms with Crippen LogP contribution in [0.5, 0.6) is 0 Å². The maximum Gasteiger partial charge on any atom is 0.243 e. The lowest BCUT2D eigenvalue weighted by molar-refractivity contribution is -0.141. The highest BCUT2D eigenvalue weighted by Gasteiger charge is 2.30. The monoisotopic (exact) mass is 627 g/mol. The van der Waals surface area contributed by atoms with Gasteiger partial charge in [-0.2, -0.15) is 0 Å². The van der Waals surface area contributed by atoms with Crippen molar-refractivity contribution >= 4 is 43.5 Å². The number of rotatable bonds is 13. The van der Waals surface area contributed by atoms with Crippen LogP contribution in [0.4, 0.5) is 5.69 Å². The highest BCUT2D eigenvalue weighted by Crippen LogP contribution is 2.26. The highest BCUT2D eigenvalue weighted by atomic mass is 79.9. The van der Waals surface area contributed by atoms with Crippen molar-refractivity contribution in [1.82, 2.24) is 10.2 Å². The third-order valence-electron chi connectivity index (χ3n) is 6.89. The zero-order valence-corrected chi connectivity index (χ0v) is 26.0. The van der Waals surface area contributed by atoms with E-state index >= 15 is 0 Å². The molecule has 1 unspecified atom stereocenters. The largest absolute Gasteiger partial charge is 0.355 e. The van der Waals surface area contributed by atoms with Crippen LogP contribution in [0.25, 0.3) is 0 Å². The van der Waals surface area contributed by atoms with E-state index < -0.39 is 16.1 Å². The third kappa shape index (κ3) is 8.66. The standard InChI is InChI=1S/C31H38BrN3O4S/c1-5-33-31(37)29(21-25-12-7-6-8-13-25)34(22-26-16-18-27(32)19-17-26)30(36)15-10-20-35(40(4,38)39)28-14-9-11-23(2)24(28)3/h6-9,11-14,16-19,29H,5,10,15,20-22H2,1-4H3,(H,33,37). The van der Waals surface area contributed by atoms with Crippen molar-refractivity contribution in [1.29, 1.82) is 0 Å². The number of halogens is 1. The Labute approximate surface area is 246 Å². The number of benzene rings is 3. The molecule has 0 heterocycles. The van der Waals surface area contributed by atoms with E-state index in [4.69, 9.17) is 0 Å². The zero-order valence-electron chi connectivity index (χ0n) is 23.6. The lowest BCUT2D eigenvalue weighted by Crippen LogP contribution is -2.50. The van der Waals surface area contributed by atoms with Gasteiger partial charge in [0.2, 0.25) is 21.8 Å². The Morgan fingerprint density at radius 2 is 1.60 bits per heavy atom. The fraction of sp³-hybridized carbons (Fsp3) is 0.355. The minimum atomic E-state index is -3.57. The summed E-state index contributed by atoms with van der Waals surface area (Å²) in [5, 5.41) is 2.90. The summed E-state index contributed by atoms with van der Waals surface area (Å²) in [6, 6.07) is 22.1. The normalized spacial score (nSPS) is 12.0. The van der Waals surface area contributed by atoms with Gasteiger partial charge in [-0.25, -0.2) is 8.42 Å². The molecule has 1 N–H and O–H groups in total. The highest BCUT2D eigenvalue weighted by molar-refractivity contribution is 9.10. The molecule has 1 atom stereocenters. The second-order valence-corrected chi connectivity index (χ2v) is 12.7. The van der Waals surface area contributed by atoms with E-state index in [2.05, 4.69) is 21.2 Å². The van der Waals surface area contributed by atoms with Gasteiger partial charge in [0.1, 0.15) is 6.04 Å². The third-order valence-corrected chi connectivity index (χ3v) is 8.59. The molecular formula is C31H38BrN3O4S. The topological polar surface area (TPSA) is 86.8 Å². The number of anilines is 1. The van der Waals surface area contributed by atoms with Crippen LogP contribution in [0.15, 0.2) is 77.3 Å². The smallest absolute Gasteiger partial charge is 0.243 e. The number of carbonyl (C=O) groups excluding carboxylic acids is 2. The number of sulfonamides is 1. The van der Waals surface area contributed by atoms with Crippen LogP contribution in [-0.4, -0.2) is 50.5 Å². The van der Waals surface area contributed by atoms with Crippen LogP contribution in [0.1, 0.15) is 42.0 Å². The summed E-state index contributed by atoms with van der Waals surface area (Å²) in [5.74, 6) is -0.422. The van der Waals surface area contributed by atoms with E-state index in [1.165, 1.54) is 10.6 Å². The zero-order chi connectivity index (χ0) is 29.3. The summed E-state index contributed by atoms with van der Waals surface area (Å²) in [4.78, 5) is 28.7. The molecule has 3 rings (SSSR count). The average Bonchev–Trinajstić information content (AvgIpc) is 2.91. The van der Waals surface area contributed by atoms with Crippen LogP contribution in [-0.2, 0) is 32.6 Å². The van der Waals surface area contributed by atoms with E-state index in [0.717, 1.165) is 26.7 Å². The molecular weight excluding hydrogens is 590 g/mol. The van der Waals surface area contributed by atoms with Gasteiger partial charge in [0.05, 0.1) is 11.9 Å². The second-order valence-electron chi connectivity index (χ2n) is 9.91. The first-order valence-corrected chi connectivity index (χ1v) is 16.0. The summed E-state index contributed by atoms with van der Waals surface area (Å²) < 4.78 is 27.7. The van der Waals surface area contributed by atoms with E-state index in [-0.39, 0.29) is 31.3 Å². The van der Waals surface area contributed by atoms with Gasteiger partial charge in [-0.3, -0.25) is 13.9 Å². The first-order valence-electron chi connectivity index (χ1n) is 13.4. The molecule has 0 radical (unpaired) electrons. The van der Waals surface area contributed by atoms with Crippen LogP contribution in [0, 0.1) is 13.8 Å². The summed E-state index contributed by atoms with van der Waals surface area (Å²) >= 11 is 3.45. The van der Waals surface area contributed by atoms with Crippen molar-refractivity contribution in [2.75, 3.05) is 23.7 Å². The first-order chi connectivity index (χ1) is 19.0.